The normalized spacial score (nSPS) is 12.6. The lowest BCUT2D eigenvalue weighted by atomic mass is 10.0. The Bertz CT molecular complexity index is 313. The summed E-state index contributed by atoms with van der Waals surface area (Å²) in [6.07, 6.45) is 7.11. The van der Waals surface area contributed by atoms with Crippen LogP contribution < -0.4 is 5.32 Å². The fourth-order valence-corrected chi connectivity index (χ4v) is 2.52. The molecule has 1 rings (SSSR count). The van der Waals surface area contributed by atoms with Crippen LogP contribution in [0.25, 0.3) is 0 Å². The first-order valence-corrected chi connectivity index (χ1v) is 8.18. The maximum absolute atomic E-state index is 9.29. The molecule has 3 heteroatoms. The summed E-state index contributed by atoms with van der Waals surface area (Å²) in [6, 6.07) is 7.94. The molecule has 0 aliphatic rings. The number of benzene rings is 1. The summed E-state index contributed by atoms with van der Waals surface area (Å²) in [5.74, 6) is 1.61. The van der Waals surface area contributed by atoms with E-state index in [2.05, 4.69) is 18.5 Å². The third-order valence-electron chi connectivity index (χ3n) is 3.12. The van der Waals surface area contributed by atoms with Crippen molar-refractivity contribution in [2.45, 2.75) is 38.6 Å². The molecule has 0 heterocycles. The van der Waals surface area contributed by atoms with Crippen molar-refractivity contribution >= 4 is 11.8 Å². The maximum Gasteiger partial charge on any atom is 0.115 e. The van der Waals surface area contributed by atoms with Gasteiger partial charge in [-0.15, -0.1) is 0 Å². The molecular formula is C15H25NOS. The molecule has 0 spiro atoms. The standard InChI is InChI=1S/C15H25NOS/c1-3-15(13-7-9-14(17)10-8-13)16-11-5-4-6-12-18-2/h7-10,15-17H,3-6,11-12H2,1-2H3. The van der Waals surface area contributed by atoms with Crippen LogP contribution in [0.2, 0.25) is 0 Å². The second-order valence-electron chi connectivity index (χ2n) is 4.56. The monoisotopic (exact) mass is 267 g/mol. The number of nitrogens with one attached hydrogen (secondary N) is 1. The third kappa shape index (κ3) is 5.78. The third-order valence-corrected chi connectivity index (χ3v) is 3.82. The molecule has 0 aromatic heterocycles. The van der Waals surface area contributed by atoms with Crippen LogP contribution in [0.4, 0.5) is 0 Å². The molecule has 2 N–H and O–H groups in total. The van der Waals surface area contributed by atoms with Crippen molar-refractivity contribution in [3.63, 3.8) is 0 Å². The molecule has 0 radical (unpaired) electrons. The fraction of sp³-hybridized carbons (Fsp3) is 0.600. The Morgan fingerprint density at radius 2 is 1.89 bits per heavy atom. The highest BCUT2D eigenvalue weighted by Gasteiger charge is 2.07. The molecule has 1 unspecified atom stereocenters. The van der Waals surface area contributed by atoms with Gasteiger partial charge in [0.1, 0.15) is 5.75 Å². The van der Waals surface area contributed by atoms with Gasteiger partial charge in [0.25, 0.3) is 0 Å². The summed E-state index contributed by atoms with van der Waals surface area (Å²) in [5.41, 5.74) is 1.26. The van der Waals surface area contributed by atoms with Crippen LogP contribution in [0.1, 0.15) is 44.2 Å². The second kappa shape index (κ2) is 9.29. The minimum atomic E-state index is 0.339. The SMILES string of the molecule is CCC(NCCCCCSC)c1ccc(O)cc1. The van der Waals surface area contributed by atoms with Crippen molar-refractivity contribution in [3.8, 4) is 5.75 Å². The van der Waals surface area contributed by atoms with Crippen molar-refractivity contribution in [2.75, 3.05) is 18.6 Å². The van der Waals surface area contributed by atoms with E-state index in [1.807, 2.05) is 23.9 Å². The highest BCUT2D eigenvalue weighted by atomic mass is 32.2. The number of rotatable bonds is 9. The predicted molar refractivity (Wildman–Crippen MR) is 81.4 cm³/mol. The molecule has 2 nitrogen and oxygen atoms in total. The zero-order chi connectivity index (χ0) is 13.2. The Morgan fingerprint density at radius 3 is 2.50 bits per heavy atom. The molecule has 0 amide bonds. The van der Waals surface area contributed by atoms with E-state index < -0.39 is 0 Å². The van der Waals surface area contributed by atoms with Crippen LogP contribution in [-0.2, 0) is 0 Å². The van der Waals surface area contributed by atoms with Gasteiger partial charge in [-0.25, -0.2) is 0 Å². The molecule has 0 aliphatic heterocycles. The minimum absolute atomic E-state index is 0.339. The summed E-state index contributed by atoms with van der Waals surface area (Å²) in [6.45, 7) is 3.27. The molecule has 0 saturated heterocycles. The second-order valence-corrected chi connectivity index (χ2v) is 5.55. The summed E-state index contributed by atoms with van der Waals surface area (Å²) in [7, 11) is 0. The van der Waals surface area contributed by atoms with Gasteiger partial charge in [-0.05, 0) is 55.5 Å². The van der Waals surface area contributed by atoms with Crippen LogP contribution in [0.15, 0.2) is 24.3 Å². The number of hydrogen-bond donors (Lipinski definition) is 2. The number of phenolic OH excluding ortho intramolecular Hbond substituents is 1. The molecule has 102 valence electrons. The maximum atomic E-state index is 9.29. The van der Waals surface area contributed by atoms with E-state index in [1.165, 1.54) is 30.6 Å². The van der Waals surface area contributed by atoms with Gasteiger partial charge in [-0.2, -0.15) is 11.8 Å². The van der Waals surface area contributed by atoms with E-state index in [4.69, 9.17) is 0 Å². The van der Waals surface area contributed by atoms with E-state index in [0.717, 1.165) is 13.0 Å². The first-order chi connectivity index (χ1) is 8.77. The summed E-state index contributed by atoms with van der Waals surface area (Å²) >= 11 is 1.92. The lowest BCUT2D eigenvalue weighted by Gasteiger charge is -2.17. The lowest BCUT2D eigenvalue weighted by molar-refractivity contribution is 0.472. The Hall–Kier alpha value is -0.670. The Labute approximate surface area is 115 Å². The summed E-state index contributed by atoms with van der Waals surface area (Å²) in [5, 5.41) is 12.9. The van der Waals surface area contributed by atoms with Gasteiger partial charge >= 0.3 is 0 Å². The van der Waals surface area contributed by atoms with Gasteiger partial charge in [-0.3, -0.25) is 0 Å². The molecule has 0 saturated carbocycles. The molecule has 0 bridgehead atoms. The lowest BCUT2D eigenvalue weighted by Crippen LogP contribution is -2.21. The van der Waals surface area contributed by atoms with Crippen molar-refractivity contribution < 1.29 is 5.11 Å². The largest absolute Gasteiger partial charge is 0.508 e. The van der Waals surface area contributed by atoms with Crippen LogP contribution in [0, 0.1) is 0 Å². The van der Waals surface area contributed by atoms with Gasteiger partial charge in [0, 0.05) is 6.04 Å². The highest BCUT2D eigenvalue weighted by Crippen LogP contribution is 2.19. The van der Waals surface area contributed by atoms with Crippen LogP contribution in [0.3, 0.4) is 0 Å². The highest BCUT2D eigenvalue weighted by molar-refractivity contribution is 7.98. The average molecular weight is 267 g/mol. The van der Waals surface area contributed by atoms with Crippen LogP contribution in [0.5, 0.6) is 5.75 Å². The average Bonchev–Trinajstić information content (AvgIpc) is 2.39. The van der Waals surface area contributed by atoms with E-state index in [1.54, 1.807) is 12.1 Å². The van der Waals surface area contributed by atoms with E-state index in [-0.39, 0.29) is 0 Å². The molecule has 0 aliphatic carbocycles. The molecule has 1 aromatic carbocycles. The molecular weight excluding hydrogens is 242 g/mol. The van der Waals surface area contributed by atoms with Crippen molar-refractivity contribution in [1.29, 1.82) is 0 Å². The van der Waals surface area contributed by atoms with Crippen molar-refractivity contribution in [2.24, 2.45) is 0 Å². The topological polar surface area (TPSA) is 32.3 Å². The fourth-order valence-electron chi connectivity index (χ4n) is 2.03. The number of phenols is 1. The number of hydrogen-bond acceptors (Lipinski definition) is 3. The van der Waals surface area contributed by atoms with E-state index in [0.29, 0.717) is 11.8 Å². The van der Waals surface area contributed by atoms with Gasteiger partial charge in [-0.1, -0.05) is 25.5 Å². The molecule has 18 heavy (non-hydrogen) atoms. The Kier molecular flexibility index (Phi) is 7.94. The number of thioether (sulfide) groups is 1. The van der Waals surface area contributed by atoms with Crippen molar-refractivity contribution in [1.82, 2.24) is 5.32 Å². The van der Waals surface area contributed by atoms with Crippen LogP contribution in [-0.4, -0.2) is 23.7 Å². The smallest absolute Gasteiger partial charge is 0.115 e. The van der Waals surface area contributed by atoms with Gasteiger partial charge in [0.05, 0.1) is 0 Å². The zero-order valence-corrected chi connectivity index (χ0v) is 12.3. The van der Waals surface area contributed by atoms with E-state index >= 15 is 0 Å². The van der Waals surface area contributed by atoms with Crippen molar-refractivity contribution in [3.05, 3.63) is 29.8 Å². The van der Waals surface area contributed by atoms with E-state index in [9.17, 15) is 5.11 Å². The molecule has 0 fully saturated rings. The van der Waals surface area contributed by atoms with Gasteiger partial charge < -0.3 is 10.4 Å². The summed E-state index contributed by atoms with van der Waals surface area (Å²) in [4.78, 5) is 0. The molecule has 1 atom stereocenters. The minimum Gasteiger partial charge on any atom is -0.508 e. The molecule has 1 aromatic rings. The Balaban J connectivity index is 2.27. The van der Waals surface area contributed by atoms with Gasteiger partial charge in [0.2, 0.25) is 0 Å². The first kappa shape index (κ1) is 15.4. The zero-order valence-electron chi connectivity index (χ0n) is 11.5. The predicted octanol–water partition coefficient (Wildman–Crippen LogP) is 3.97. The Morgan fingerprint density at radius 1 is 1.17 bits per heavy atom. The summed E-state index contributed by atoms with van der Waals surface area (Å²) < 4.78 is 0. The quantitative estimate of drug-likeness (QED) is 0.664. The number of unbranched alkanes of at least 4 members (excludes halogenated alkanes) is 2. The van der Waals surface area contributed by atoms with Gasteiger partial charge in [0.15, 0.2) is 0 Å². The number of aromatic hydroxyl groups is 1. The first-order valence-electron chi connectivity index (χ1n) is 6.79. The van der Waals surface area contributed by atoms with Crippen LogP contribution >= 0.6 is 11.8 Å².